The smallest absolute Gasteiger partial charge is 0.271 e. The van der Waals surface area contributed by atoms with Crippen LogP contribution in [0.25, 0.3) is 0 Å². The van der Waals surface area contributed by atoms with E-state index in [9.17, 15) is 18.0 Å². The van der Waals surface area contributed by atoms with Gasteiger partial charge in [-0.1, -0.05) is 18.2 Å². The number of nitrogens with zero attached hydrogens (tertiary/aromatic N) is 1. The number of pyridine rings is 1. The molecule has 0 atom stereocenters. The van der Waals surface area contributed by atoms with Gasteiger partial charge >= 0.3 is 0 Å². The van der Waals surface area contributed by atoms with Crippen LogP contribution in [0.15, 0.2) is 59.8 Å². The van der Waals surface area contributed by atoms with Gasteiger partial charge < -0.3 is 0 Å². The van der Waals surface area contributed by atoms with Gasteiger partial charge in [0, 0.05) is 24.9 Å². The predicted molar refractivity (Wildman–Crippen MR) is 107 cm³/mol. The lowest BCUT2D eigenvalue weighted by molar-refractivity contribution is -0.127. The Bertz CT molecular complexity index is 927. The first-order chi connectivity index (χ1) is 14.0. The van der Waals surface area contributed by atoms with Gasteiger partial charge in [0.15, 0.2) is 0 Å². The molecular formula is C20H24N4O4S. The first-order valence-corrected chi connectivity index (χ1v) is 11.0. The lowest BCUT2D eigenvalue weighted by Gasteiger charge is -2.27. The number of hydrogen-bond acceptors (Lipinski definition) is 5. The summed E-state index contributed by atoms with van der Waals surface area (Å²) >= 11 is 0. The molecule has 1 fully saturated rings. The average Bonchev–Trinajstić information content (AvgIpc) is 2.77. The largest absolute Gasteiger partial charge is 0.273 e. The van der Waals surface area contributed by atoms with Gasteiger partial charge in [-0.15, -0.1) is 0 Å². The molecule has 29 heavy (non-hydrogen) atoms. The number of sulfonamides is 1. The molecule has 3 rings (SSSR count). The van der Waals surface area contributed by atoms with Crippen molar-refractivity contribution in [2.24, 2.45) is 11.8 Å². The third kappa shape index (κ3) is 5.85. The van der Waals surface area contributed by atoms with Gasteiger partial charge in [-0.25, -0.2) is 13.1 Å². The summed E-state index contributed by atoms with van der Waals surface area (Å²) in [5.41, 5.74) is 5.23. The van der Waals surface area contributed by atoms with Gasteiger partial charge in [-0.05, 0) is 55.9 Å². The van der Waals surface area contributed by atoms with E-state index in [2.05, 4.69) is 20.6 Å². The van der Waals surface area contributed by atoms with E-state index in [1.807, 2.05) is 0 Å². The maximum Gasteiger partial charge on any atom is 0.271 e. The number of amides is 2. The fourth-order valence-electron chi connectivity index (χ4n) is 3.33. The van der Waals surface area contributed by atoms with Crippen LogP contribution in [0.3, 0.4) is 0 Å². The van der Waals surface area contributed by atoms with Crippen molar-refractivity contribution in [3.63, 3.8) is 0 Å². The van der Waals surface area contributed by atoms with E-state index in [-0.39, 0.29) is 22.6 Å². The minimum absolute atomic E-state index is 0.183. The molecule has 1 saturated carbocycles. The van der Waals surface area contributed by atoms with Crippen molar-refractivity contribution in [2.45, 2.75) is 30.6 Å². The Balaban J connectivity index is 1.41. The number of carbonyl (C=O) groups excluding carboxylic acids is 2. The summed E-state index contributed by atoms with van der Waals surface area (Å²) in [5, 5.41) is 0. The Morgan fingerprint density at radius 2 is 1.69 bits per heavy atom. The molecular weight excluding hydrogens is 392 g/mol. The third-order valence-electron chi connectivity index (χ3n) is 5.06. The van der Waals surface area contributed by atoms with Crippen molar-refractivity contribution < 1.29 is 18.0 Å². The van der Waals surface area contributed by atoms with Gasteiger partial charge in [-0.3, -0.25) is 25.4 Å². The van der Waals surface area contributed by atoms with E-state index in [0.29, 0.717) is 24.9 Å². The molecule has 9 heteroatoms. The fraction of sp³-hybridized carbons (Fsp3) is 0.350. The molecule has 0 spiro atoms. The summed E-state index contributed by atoms with van der Waals surface area (Å²) in [6.45, 7) is 0.351. The fourth-order valence-corrected chi connectivity index (χ4v) is 4.47. The van der Waals surface area contributed by atoms with Crippen LogP contribution >= 0.6 is 0 Å². The SMILES string of the molecule is O=C(NNC(=O)C1CCC(CNS(=O)(=O)c2ccccc2)CC1)c1cccnc1. The quantitative estimate of drug-likeness (QED) is 0.619. The summed E-state index contributed by atoms with van der Waals surface area (Å²) in [7, 11) is -3.52. The van der Waals surface area contributed by atoms with Gasteiger partial charge in [0.2, 0.25) is 15.9 Å². The zero-order chi connectivity index (χ0) is 20.7. The van der Waals surface area contributed by atoms with Gasteiger partial charge in [0.05, 0.1) is 10.5 Å². The summed E-state index contributed by atoms with van der Waals surface area (Å²) in [6.07, 6.45) is 5.76. The van der Waals surface area contributed by atoms with Crippen LogP contribution in [-0.4, -0.2) is 31.8 Å². The molecule has 1 aromatic carbocycles. The van der Waals surface area contributed by atoms with Crippen molar-refractivity contribution in [2.75, 3.05) is 6.54 Å². The Morgan fingerprint density at radius 1 is 0.966 bits per heavy atom. The topological polar surface area (TPSA) is 117 Å². The molecule has 1 aliphatic carbocycles. The second-order valence-corrected chi connectivity index (χ2v) is 8.83. The van der Waals surface area contributed by atoms with Crippen LogP contribution < -0.4 is 15.6 Å². The molecule has 154 valence electrons. The van der Waals surface area contributed by atoms with Crippen molar-refractivity contribution in [1.82, 2.24) is 20.6 Å². The number of hydrogen-bond donors (Lipinski definition) is 3. The van der Waals surface area contributed by atoms with Crippen molar-refractivity contribution in [3.05, 3.63) is 60.4 Å². The predicted octanol–water partition coefficient (Wildman–Crippen LogP) is 1.63. The molecule has 0 aliphatic heterocycles. The first-order valence-electron chi connectivity index (χ1n) is 9.50. The number of rotatable bonds is 6. The van der Waals surface area contributed by atoms with Gasteiger partial charge in [0.25, 0.3) is 5.91 Å². The summed E-state index contributed by atoms with van der Waals surface area (Å²) < 4.78 is 27.2. The van der Waals surface area contributed by atoms with E-state index in [4.69, 9.17) is 0 Å². The second kappa shape index (κ2) is 9.62. The molecule has 0 bridgehead atoms. The normalized spacial score (nSPS) is 19.3. The van der Waals surface area contributed by atoms with E-state index in [0.717, 1.165) is 12.8 Å². The molecule has 2 amide bonds. The number of hydrazine groups is 1. The lowest BCUT2D eigenvalue weighted by atomic mass is 9.82. The Kier molecular flexibility index (Phi) is 6.95. The van der Waals surface area contributed by atoms with Crippen molar-refractivity contribution in [1.29, 1.82) is 0 Å². The van der Waals surface area contributed by atoms with E-state index in [1.54, 1.807) is 48.7 Å². The molecule has 8 nitrogen and oxygen atoms in total. The first kappa shape index (κ1) is 20.9. The standard InChI is InChI=1S/C20H24N4O4S/c25-19(23-24-20(26)17-5-4-12-21-14-17)16-10-8-15(9-11-16)13-22-29(27,28)18-6-2-1-3-7-18/h1-7,12,14-16,22H,8-11,13H2,(H,23,25)(H,24,26). The van der Waals surface area contributed by atoms with Crippen LogP contribution in [0.1, 0.15) is 36.0 Å². The summed E-state index contributed by atoms with van der Waals surface area (Å²) in [6, 6.07) is 11.5. The van der Waals surface area contributed by atoms with E-state index < -0.39 is 15.9 Å². The monoisotopic (exact) mass is 416 g/mol. The van der Waals surface area contributed by atoms with E-state index >= 15 is 0 Å². The average molecular weight is 417 g/mol. The molecule has 1 aromatic heterocycles. The Labute approximate surface area is 170 Å². The Morgan fingerprint density at radius 3 is 2.34 bits per heavy atom. The van der Waals surface area contributed by atoms with Gasteiger partial charge in [0.1, 0.15) is 0 Å². The highest BCUT2D eigenvalue weighted by Gasteiger charge is 2.27. The second-order valence-electron chi connectivity index (χ2n) is 7.07. The summed E-state index contributed by atoms with van der Waals surface area (Å²) in [4.78, 5) is 28.3. The van der Waals surface area contributed by atoms with Crippen molar-refractivity contribution in [3.8, 4) is 0 Å². The third-order valence-corrected chi connectivity index (χ3v) is 6.50. The number of benzene rings is 1. The highest BCUT2D eigenvalue weighted by atomic mass is 32.2. The Hall–Kier alpha value is -2.78. The minimum Gasteiger partial charge on any atom is -0.273 e. The molecule has 1 heterocycles. The van der Waals surface area contributed by atoms with Crippen LogP contribution in [0, 0.1) is 11.8 Å². The van der Waals surface area contributed by atoms with Crippen LogP contribution in [0.5, 0.6) is 0 Å². The van der Waals surface area contributed by atoms with E-state index in [1.165, 1.54) is 6.20 Å². The zero-order valence-corrected chi connectivity index (χ0v) is 16.7. The number of aromatic nitrogens is 1. The highest BCUT2D eigenvalue weighted by molar-refractivity contribution is 7.89. The molecule has 3 N–H and O–H groups in total. The van der Waals surface area contributed by atoms with Crippen LogP contribution in [-0.2, 0) is 14.8 Å². The molecule has 0 radical (unpaired) electrons. The van der Waals surface area contributed by atoms with Crippen LogP contribution in [0.2, 0.25) is 0 Å². The minimum atomic E-state index is -3.52. The number of nitrogens with one attached hydrogen (secondary N) is 3. The highest BCUT2D eigenvalue weighted by Crippen LogP contribution is 2.28. The molecule has 0 saturated heterocycles. The van der Waals surface area contributed by atoms with Gasteiger partial charge in [-0.2, -0.15) is 0 Å². The zero-order valence-electron chi connectivity index (χ0n) is 15.9. The molecule has 0 unspecified atom stereocenters. The molecule has 2 aromatic rings. The molecule has 1 aliphatic rings. The van der Waals surface area contributed by atoms with Crippen LogP contribution in [0.4, 0.5) is 0 Å². The lowest BCUT2D eigenvalue weighted by Crippen LogP contribution is -2.45. The summed E-state index contributed by atoms with van der Waals surface area (Å²) in [5.74, 6) is -0.672. The maximum atomic E-state index is 12.3. The number of carbonyl (C=O) groups is 2. The van der Waals surface area contributed by atoms with Crippen molar-refractivity contribution >= 4 is 21.8 Å². The maximum absolute atomic E-state index is 12.3.